The van der Waals surface area contributed by atoms with Crippen molar-refractivity contribution in [2.75, 3.05) is 17.2 Å². The quantitative estimate of drug-likeness (QED) is 0.841. The zero-order valence-corrected chi connectivity index (χ0v) is 11.4. The lowest BCUT2D eigenvalue weighted by Gasteiger charge is -2.08. The Bertz CT molecular complexity index is 586. The minimum absolute atomic E-state index is 0.429. The van der Waals surface area contributed by atoms with E-state index in [1.807, 2.05) is 30.3 Å². The molecule has 0 spiro atoms. The van der Waals surface area contributed by atoms with Crippen molar-refractivity contribution >= 4 is 17.5 Å². The molecule has 20 heavy (non-hydrogen) atoms. The van der Waals surface area contributed by atoms with Crippen LogP contribution in [0.3, 0.4) is 0 Å². The molecule has 0 aliphatic carbocycles. The van der Waals surface area contributed by atoms with E-state index in [2.05, 4.69) is 33.6 Å². The Morgan fingerprint density at radius 1 is 1.20 bits per heavy atom. The summed E-state index contributed by atoms with van der Waals surface area (Å²) >= 11 is 0. The van der Waals surface area contributed by atoms with Gasteiger partial charge in [-0.15, -0.1) is 0 Å². The van der Waals surface area contributed by atoms with Crippen molar-refractivity contribution in [3.05, 3.63) is 42.1 Å². The van der Waals surface area contributed by atoms with E-state index >= 15 is 0 Å². The molecule has 5 heteroatoms. The largest absolute Gasteiger partial charge is 0.354 e. The highest BCUT2D eigenvalue weighted by molar-refractivity contribution is 5.57. The van der Waals surface area contributed by atoms with Gasteiger partial charge in [0.1, 0.15) is 5.82 Å². The van der Waals surface area contributed by atoms with Crippen LogP contribution in [0.4, 0.5) is 17.5 Å². The third-order valence-corrected chi connectivity index (χ3v) is 2.70. The molecular weight excluding hydrogens is 250 g/mol. The number of nitrogens with zero attached hydrogens (tertiary/aromatic N) is 3. The maximum absolute atomic E-state index is 8.64. The third kappa shape index (κ3) is 3.95. The van der Waals surface area contributed by atoms with Crippen molar-refractivity contribution in [3.63, 3.8) is 0 Å². The van der Waals surface area contributed by atoms with E-state index in [0.717, 1.165) is 30.0 Å². The highest BCUT2D eigenvalue weighted by Crippen LogP contribution is 2.16. The third-order valence-electron chi connectivity index (χ3n) is 2.70. The first-order valence-corrected chi connectivity index (χ1v) is 6.61. The number of hydrogen-bond acceptors (Lipinski definition) is 5. The van der Waals surface area contributed by atoms with Gasteiger partial charge in [-0.3, -0.25) is 0 Å². The monoisotopic (exact) mass is 267 g/mol. The zero-order chi connectivity index (χ0) is 14.2. The van der Waals surface area contributed by atoms with Gasteiger partial charge in [-0.2, -0.15) is 10.2 Å². The van der Waals surface area contributed by atoms with Crippen LogP contribution >= 0.6 is 0 Å². The topological polar surface area (TPSA) is 73.6 Å². The molecule has 2 aromatic rings. The van der Waals surface area contributed by atoms with E-state index in [0.29, 0.717) is 12.4 Å². The van der Waals surface area contributed by atoms with Crippen molar-refractivity contribution < 1.29 is 0 Å². The summed E-state index contributed by atoms with van der Waals surface area (Å²) in [7, 11) is 0. The molecule has 1 aromatic heterocycles. The minimum Gasteiger partial charge on any atom is -0.354 e. The van der Waals surface area contributed by atoms with Gasteiger partial charge in [0.05, 0.1) is 12.5 Å². The predicted octanol–water partition coefficient (Wildman–Crippen LogP) is 3.11. The molecule has 0 saturated heterocycles. The molecule has 0 atom stereocenters. The summed E-state index contributed by atoms with van der Waals surface area (Å²) in [5.74, 6) is 1.37. The average Bonchev–Trinajstić information content (AvgIpc) is 2.48. The van der Waals surface area contributed by atoms with Crippen molar-refractivity contribution in [1.82, 2.24) is 9.97 Å². The molecular formula is C15H17N5. The first-order valence-electron chi connectivity index (χ1n) is 6.61. The predicted molar refractivity (Wildman–Crippen MR) is 79.9 cm³/mol. The fourth-order valence-electron chi connectivity index (χ4n) is 1.70. The maximum atomic E-state index is 8.64. The van der Waals surface area contributed by atoms with Gasteiger partial charge in [0.25, 0.3) is 0 Å². The van der Waals surface area contributed by atoms with Crippen molar-refractivity contribution in [3.8, 4) is 6.07 Å². The van der Waals surface area contributed by atoms with Crippen LogP contribution in [0.2, 0.25) is 0 Å². The molecule has 0 fully saturated rings. The van der Waals surface area contributed by atoms with Crippen LogP contribution in [-0.2, 0) is 6.42 Å². The lowest BCUT2D eigenvalue weighted by molar-refractivity contribution is 0.953. The van der Waals surface area contributed by atoms with Gasteiger partial charge in [0.15, 0.2) is 0 Å². The smallest absolute Gasteiger partial charge is 0.224 e. The van der Waals surface area contributed by atoms with E-state index in [1.54, 1.807) is 6.20 Å². The Balaban J connectivity index is 2.03. The number of hydrogen-bond donors (Lipinski definition) is 2. The number of benzene rings is 1. The Kier molecular flexibility index (Phi) is 4.90. The van der Waals surface area contributed by atoms with Crippen LogP contribution in [0.25, 0.3) is 0 Å². The Morgan fingerprint density at radius 2 is 2.00 bits per heavy atom. The normalized spacial score (nSPS) is 9.80. The molecule has 102 valence electrons. The van der Waals surface area contributed by atoms with Crippen molar-refractivity contribution in [1.29, 1.82) is 5.26 Å². The first kappa shape index (κ1) is 13.8. The summed E-state index contributed by atoms with van der Waals surface area (Å²) in [4.78, 5) is 8.54. The number of nitriles is 1. The minimum atomic E-state index is 0.429. The van der Waals surface area contributed by atoms with E-state index < -0.39 is 0 Å². The molecule has 0 aliphatic rings. The molecule has 0 saturated carbocycles. The molecule has 2 rings (SSSR count). The van der Waals surface area contributed by atoms with Gasteiger partial charge < -0.3 is 10.6 Å². The molecule has 0 radical (unpaired) electrons. The number of aromatic nitrogens is 2. The van der Waals surface area contributed by atoms with E-state index in [1.165, 1.54) is 0 Å². The molecule has 0 unspecified atom stereocenters. The standard InChI is InChI=1S/C15H17N5/c1-2-10-17-15-18-11-8-14(20-15)19-13-5-3-12(4-6-13)7-9-16/h3-6,8,11H,2,7,10H2,1H3,(H2,17,18,19,20). The van der Waals surface area contributed by atoms with Gasteiger partial charge in [0, 0.05) is 18.4 Å². The molecule has 0 bridgehead atoms. The van der Waals surface area contributed by atoms with Crippen molar-refractivity contribution in [2.24, 2.45) is 0 Å². The van der Waals surface area contributed by atoms with Crippen LogP contribution in [0.15, 0.2) is 36.5 Å². The highest BCUT2D eigenvalue weighted by Gasteiger charge is 2.00. The van der Waals surface area contributed by atoms with Crippen LogP contribution in [-0.4, -0.2) is 16.5 Å². The van der Waals surface area contributed by atoms with Gasteiger partial charge in [0.2, 0.25) is 5.95 Å². The van der Waals surface area contributed by atoms with E-state index in [9.17, 15) is 0 Å². The molecule has 1 heterocycles. The van der Waals surface area contributed by atoms with Gasteiger partial charge in [-0.1, -0.05) is 19.1 Å². The zero-order valence-electron chi connectivity index (χ0n) is 11.4. The summed E-state index contributed by atoms with van der Waals surface area (Å²) in [5.41, 5.74) is 1.94. The van der Waals surface area contributed by atoms with E-state index in [-0.39, 0.29) is 0 Å². The molecule has 1 aromatic carbocycles. The van der Waals surface area contributed by atoms with Gasteiger partial charge in [-0.25, -0.2) is 4.98 Å². The van der Waals surface area contributed by atoms with E-state index in [4.69, 9.17) is 5.26 Å². The molecule has 0 amide bonds. The van der Waals surface area contributed by atoms with Gasteiger partial charge >= 0.3 is 0 Å². The average molecular weight is 267 g/mol. The second kappa shape index (κ2) is 7.10. The summed E-state index contributed by atoms with van der Waals surface area (Å²) in [5, 5.41) is 15.0. The first-order chi connectivity index (χ1) is 9.81. The molecule has 2 N–H and O–H groups in total. The molecule has 0 aliphatic heterocycles. The summed E-state index contributed by atoms with van der Waals surface area (Å²) in [6, 6.07) is 11.7. The Hall–Kier alpha value is -2.61. The Labute approximate surface area is 118 Å². The fourth-order valence-corrected chi connectivity index (χ4v) is 1.70. The maximum Gasteiger partial charge on any atom is 0.224 e. The van der Waals surface area contributed by atoms with Crippen LogP contribution in [0, 0.1) is 11.3 Å². The highest BCUT2D eigenvalue weighted by atomic mass is 15.1. The number of rotatable bonds is 6. The van der Waals surface area contributed by atoms with Gasteiger partial charge in [-0.05, 0) is 30.2 Å². The fraction of sp³-hybridized carbons (Fsp3) is 0.267. The summed E-state index contributed by atoms with van der Waals surface area (Å²) in [6.45, 7) is 2.95. The summed E-state index contributed by atoms with van der Waals surface area (Å²) < 4.78 is 0. The molecule has 5 nitrogen and oxygen atoms in total. The lowest BCUT2D eigenvalue weighted by Crippen LogP contribution is -2.05. The number of anilines is 3. The SMILES string of the molecule is CCCNc1nccc(Nc2ccc(CC#N)cc2)n1. The summed E-state index contributed by atoms with van der Waals surface area (Å²) in [6.07, 6.45) is 3.18. The van der Waals surface area contributed by atoms with Crippen LogP contribution < -0.4 is 10.6 Å². The second-order valence-electron chi connectivity index (χ2n) is 4.35. The van der Waals surface area contributed by atoms with Crippen LogP contribution in [0.5, 0.6) is 0 Å². The van der Waals surface area contributed by atoms with Crippen molar-refractivity contribution in [2.45, 2.75) is 19.8 Å². The number of nitrogens with one attached hydrogen (secondary N) is 2. The van der Waals surface area contributed by atoms with Crippen LogP contribution in [0.1, 0.15) is 18.9 Å². The Morgan fingerprint density at radius 3 is 2.70 bits per heavy atom. The second-order valence-corrected chi connectivity index (χ2v) is 4.35. The lowest BCUT2D eigenvalue weighted by atomic mass is 10.1.